The second kappa shape index (κ2) is 9.78. The van der Waals surface area contributed by atoms with Gasteiger partial charge >= 0.3 is 0 Å². The van der Waals surface area contributed by atoms with Gasteiger partial charge in [0.15, 0.2) is 0 Å². The Morgan fingerprint density at radius 1 is 0.703 bits per heavy atom. The van der Waals surface area contributed by atoms with Gasteiger partial charge < -0.3 is 4.57 Å². The van der Waals surface area contributed by atoms with Crippen LogP contribution in [0.1, 0.15) is 74.3 Å². The minimum Gasteiger partial charge on any atom is -0.319 e. The zero-order valence-electron chi connectivity index (χ0n) is 21.7. The molecule has 0 bridgehead atoms. The van der Waals surface area contributed by atoms with Crippen LogP contribution in [0.15, 0.2) is 104 Å². The number of hydrogen-bond acceptors (Lipinski definition) is 2. The maximum absolute atomic E-state index is 13.7. The van der Waals surface area contributed by atoms with E-state index >= 15 is 0 Å². The molecule has 0 radical (unpaired) electrons. The number of carbonyl (C=O) groups is 1. The van der Waals surface area contributed by atoms with Crippen molar-refractivity contribution in [2.24, 2.45) is 11.8 Å². The Balaban J connectivity index is 1.61. The molecule has 188 valence electrons. The summed E-state index contributed by atoms with van der Waals surface area (Å²) in [6.45, 7) is 1.82. The molecule has 2 saturated carbocycles. The van der Waals surface area contributed by atoms with E-state index in [1.807, 2.05) is 13.3 Å². The predicted molar refractivity (Wildman–Crippen MR) is 148 cm³/mol. The van der Waals surface area contributed by atoms with E-state index in [-0.39, 0.29) is 0 Å². The highest BCUT2D eigenvalue weighted by Gasteiger charge is 2.56. The normalized spacial score (nSPS) is 18.3. The number of aromatic nitrogens is 2. The van der Waals surface area contributed by atoms with Crippen LogP contribution in [0.5, 0.6) is 0 Å². The number of ketones is 1. The van der Waals surface area contributed by atoms with Crippen LogP contribution in [0, 0.1) is 11.8 Å². The second-order valence-electron chi connectivity index (χ2n) is 11.0. The molecular weight excluding hydrogens is 452 g/mol. The van der Waals surface area contributed by atoms with Gasteiger partial charge in [0.1, 0.15) is 11.3 Å². The summed E-state index contributed by atoms with van der Waals surface area (Å²) >= 11 is 0. The van der Waals surface area contributed by atoms with Gasteiger partial charge in [-0.3, -0.25) is 4.79 Å². The zero-order valence-corrected chi connectivity index (χ0v) is 21.7. The molecule has 1 heterocycles. The lowest BCUT2D eigenvalue weighted by molar-refractivity contribution is -0.126. The first-order valence-electron chi connectivity index (χ1n) is 13.9. The van der Waals surface area contributed by atoms with Crippen molar-refractivity contribution in [2.75, 3.05) is 0 Å². The Kier molecular flexibility index (Phi) is 6.32. The summed E-state index contributed by atoms with van der Waals surface area (Å²) in [4.78, 5) is 18.8. The van der Waals surface area contributed by atoms with Gasteiger partial charge in [-0.05, 0) is 61.1 Å². The molecule has 3 nitrogen and oxygen atoms in total. The maximum Gasteiger partial charge on any atom is 0.142 e. The molecule has 0 amide bonds. The average Bonchev–Trinajstić information content (AvgIpc) is 3.69. The van der Waals surface area contributed by atoms with E-state index in [0.717, 1.165) is 31.4 Å². The smallest absolute Gasteiger partial charge is 0.142 e. The molecule has 1 unspecified atom stereocenters. The molecule has 2 fully saturated rings. The fourth-order valence-corrected chi connectivity index (χ4v) is 7.31. The molecule has 3 heteroatoms. The van der Waals surface area contributed by atoms with Crippen molar-refractivity contribution in [3.63, 3.8) is 0 Å². The monoisotopic (exact) mass is 488 g/mol. The lowest BCUT2D eigenvalue weighted by Crippen LogP contribution is -2.45. The largest absolute Gasteiger partial charge is 0.319 e. The Morgan fingerprint density at radius 2 is 1.16 bits per heavy atom. The molecule has 1 aromatic heterocycles. The van der Waals surface area contributed by atoms with Crippen molar-refractivity contribution >= 4 is 5.78 Å². The minimum atomic E-state index is -0.603. The number of benzene rings is 3. The van der Waals surface area contributed by atoms with E-state index in [2.05, 4.69) is 102 Å². The van der Waals surface area contributed by atoms with Crippen LogP contribution in [-0.4, -0.2) is 15.3 Å². The Morgan fingerprint density at radius 3 is 1.59 bits per heavy atom. The topological polar surface area (TPSA) is 34.9 Å². The summed E-state index contributed by atoms with van der Waals surface area (Å²) < 4.78 is 2.28. The zero-order chi connectivity index (χ0) is 25.3. The first-order valence-corrected chi connectivity index (χ1v) is 13.9. The molecule has 6 rings (SSSR count). The Labute approximate surface area is 220 Å². The van der Waals surface area contributed by atoms with Crippen LogP contribution in [-0.2, 0) is 15.7 Å². The average molecular weight is 489 g/mol. The van der Waals surface area contributed by atoms with Gasteiger partial charge in [0.25, 0.3) is 0 Å². The van der Waals surface area contributed by atoms with Crippen molar-refractivity contribution in [3.8, 4) is 0 Å². The first kappa shape index (κ1) is 23.9. The third-order valence-corrected chi connectivity index (χ3v) is 9.02. The Bertz CT molecular complexity index is 1240. The first-order chi connectivity index (χ1) is 18.2. The van der Waals surface area contributed by atoms with Crippen LogP contribution < -0.4 is 0 Å². The molecule has 1 atom stereocenters. The van der Waals surface area contributed by atoms with Crippen molar-refractivity contribution in [1.29, 1.82) is 0 Å². The van der Waals surface area contributed by atoms with E-state index in [0.29, 0.717) is 17.6 Å². The van der Waals surface area contributed by atoms with Crippen LogP contribution in [0.2, 0.25) is 0 Å². The molecule has 0 N–H and O–H groups in total. The van der Waals surface area contributed by atoms with Crippen LogP contribution in [0.3, 0.4) is 0 Å². The molecule has 0 saturated heterocycles. The summed E-state index contributed by atoms with van der Waals surface area (Å²) in [6.07, 6.45) is 12.4. The Hall–Kier alpha value is -3.46. The van der Waals surface area contributed by atoms with Gasteiger partial charge in [0.05, 0.1) is 17.4 Å². The number of hydrogen-bond donors (Lipinski definition) is 0. The van der Waals surface area contributed by atoms with Crippen molar-refractivity contribution in [1.82, 2.24) is 9.55 Å². The molecule has 2 aliphatic rings. The summed E-state index contributed by atoms with van der Waals surface area (Å²) in [5, 5.41) is 0. The van der Waals surface area contributed by atoms with E-state index in [4.69, 9.17) is 4.98 Å². The van der Waals surface area contributed by atoms with Crippen LogP contribution in [0.4, 0.5) is 0 Å². The highest BCUT2D eigenvalue weighted by atomic mass is 16.1. The maximum atomic E-state index is 13.7. The number of Topliss-reactive ketones (excluding diaryl/α,β-unsaturated/α-hetero) is 1. The van der Waals surface area contributed by atoms with Gasteiger partial charge in [-0.15, -0.1) is 0 Å². The fraction of sp³-hybridized carbons (Fsp3) is 0.353. The fourth-order valence-electron chi connectivity index (χ4n) is 7.31. The highest BCUT2D eigenvalue weighted by Crippen LogP contribution is 2.55. The quantitative estimate of drug-likeness (QED) is 0.240. The summed E-state index contributed by atoms with van der Waals surface area (Å²) in [5.74, 6) is 1.10. The lowest BCUT2D eigenvalue weighted by Gasteiger charge is -2.41. The van der Waals surface area contributed by atoms with Gasteiger partial charge in [-0.25, -0.2) is 4.98 Å². The minimum absolute atomic E-state index is 0.303. The standard InChI is InChI=1S/C34H36N2O/c1-26(37)33(28-22-23-28,27-14-6-2-7-15-27)32-24-36(25-35-32)34(29-16-8-3-9-17-29,30-18-10-4-11-19-30)31-20-12-5-13-21-31/h3-5,8-13,16-21,24-25,27-28H,2,6-7,14-15,22-23H2,1H3. The van der Waals surface area contributed by atoms with Gasteiger partial charge in [0.2, 0.25) is 0 Å². The third kappa shape index (κ3) is 3.87. The van der Waals surface area contributed by atoms with Gasteiger partial charge in [0, 0.05) is 6.20 Å². The number of rotatable bonds is 8. The SMILES string of the molecule is CC(=O)C(c1cn(C(c2ccccc2)(c2ccccc2)c2ccccc2)cn1)(C1CCCCC1)C1CC1. The summed E-state index contributed by atoms with van der Waals surface area (Å²) in [6, 6.07) is 32.1. The molecule has 3 aromatic carbocycles. The molecule has 0 aliphatic heterocycles. The third-order valence-electron chi connectivity index (χ3n) is 9.02. The summed E-state index contributed by atoms with van der Waals surface area (Å²) in [7, 11) is 0. The number of imidazole rings is 1. The number of nitrogens with zero attached hydrogens (tertiary/aromatic N) is 2. The molecule has 0 spiro atoms. The lowest BCUT2D eigenvalue weighted by atomic mass is 9.62. The van der Waals surface area contributed by atoms with E-state index in [1.54, 1.807) is 0 Å². The van der Waals surface area contributed by atoms with E-state index < -0.39 is 11.0 Å². The highest BCUT2D eigenvalue weighted by molar-refractivity contribution is 5.89. The van der Waals surface area contributed by atoms with Crippen LogP contribution >= 0.6 is 0 Å². The van der Waals surface area contributed by atoms with E-state index in [9.17, 15) is 4.79 Å². The molecule has 2 aliphatic carbocycles. The van der Waals surface area contributed by atoms with Gasteiger partial charge in [-0.2, -0.15) is 0 Å². The van der Waals surface area contributed by atoms with E-state index in [1.165, 1.54) is 36.0 Å². The number of carbonyl (C=O) groups excluding carboxylic acids is 1. The van der Waals surface area contributed by atoms with Gasteiger partial charge in [-0.1, -0.05) is 110 Å². The second-order valence-corrected chi connectivity index (χ2v) is 11.0. The van der Waals surface area contributed by atoms with Crippen LogP contribution in [0.25, 0.3) is 0 Å². The molecule has 37 heavy (non-hydrogen) atoms. The van der Waals surface area contributed by atoms with Crippen molar-refractivity contribution < 1.29 is 4.79 Å². The van der Waals surface area contributed by atoms with Crippen molar-refractivity contribution in [3.05, 3.63) is 126 Å². The summed E-state index contributed by atoms with van der Waals surface area (Å²) in [5.41, 5.74) is 3.42. The molecular formula is C34H36N2O. The van der Waals surface area contributed by atoms with Crippen molar-refractivity contribution in [2.45, 2.75) is 62.8 Å². The molecule has 4 aromatic rings. The predicted octanol–water partition coefficient (Wildman–Crippen LogP) is 7.54.